The van der Waals surface area contributed by atoms with Crippen molar-refractivity contribution in [2.45, 2.75) is 53.8 Å². The third kappa shape index (κ3) is 17.4. The zero-order valence-electron chi connectivity index (χ0n) is 49.8. The van der Waals surface area contributed by atoms with Gasteiger partial charge in [-0.05, 0) is 95.1 Å². The highest BCUT2D eigenvalue weighted by atomic mass is 32.2. The number of alkyl carbamates (subject to hydrolysis) is 1. The molecule has 0 radical (unpaired) electrons. The van der Waals surface area contributed by atoms with Crippen LogP contribution in [0.1, 0.15) is 51.9 Å². The fraction of sp³-hybridized carbons (Fsp3) is 0.269. The van der Waals surface area contributed by atoms with E-state index in [1.807, 2.05) is 95.8 Å². The first-order valence-corrected chi connectivity index (χ1v) is 32.5. The fourth-order valence-electron chi connectivity index (χ4n) is 10.2. The number of nitrogens with one attached hydrogen (secondary N) is 5. The largest absolute Gasteiger partial charge is 0.468 e. The Balaban J connectivity index is 0.684. The third-order valence-corrected chi connectivity index (χ3v) is 17.6. The minimum absolute atomic E-state index is 0.0491. The summed E-state index contributed by atoms with van der Waals surface area (Å²) in [6.07, 6.45) is 6.75. The number of amides is 2. The predicted molar refractivity (Wildman–Crippen MR) is 342 cm³/mol. The van der Waals surface area contributed by atoms with Crippen LogP contribution in [0.15, 0.2) is 216 Å². The number of esters is 1. The molecule has 0 spiro atoms. The third-order valence-electron chi connectivity index (χ3n) is 14.7. The van der Waals surface area contributed by atoms with Crippen molar-refractivity contribution in [2.75, 3.05) is 78.2 Å². The molecule has 2 amide bonds. The van der Waals surface area contributed by atoms with Gasteiger partial charge >= 0.3 is 12.1 Å². The van der Waals surface area contributed by atoms with Gasteiger partial charge in [0.1, 0.15) is 18.2 Å². The smallest absolute Gasteiger partial charge is 0.407 e. The number of nitrogens with zero attached hydrogens (tertiary/aromatic N) is 4. The Morgan fingerprint density at radius 2 is 1.13 bits per heavy atom. The minimum Gasteiger partial charge on any atom is -0.468 e. The first-order valence-electron chi connectivity index (χ1n) is 29.5. The molecule has 0 bridgehead atoms. The Kier molecular flexibility index (Phi) is 23.6. The lowest BCUT2D eigenvalue weighted by Gasteiger charge is -2.38. The number of aryl methyl sites for hydroxylation is 1. The molecule has 0 aliphatic heterocycles. The number of carbonyl (C=O) groups is 3. The average molecular weight is 1260 g/mol. The second-order valence-corrected chi connectivity index (χ2v) is 24.2. The van der Waals surface area contributed by atoms with Gasteiger partial charge < -0.3 is 39.6 Å². The zero-order chi connectivity index (χ0) is 63.0. The summed E-state index contributed by atoms with van der Waals surface area (Å²) in [5.41, 5.74) is 5.74. The van der Waals surface area contributed by atoms with Gasteiger partial charge in [0, 0.05) is 69.3 Å². The molecule has 7 aromatic carbocycles. The monoisotopic (exact) mass is 1260 g/mol. The molecule has 23 heteroatoms. The van der Waals surface area contributed by atoms with Gasteiger partial charge in [0.05, 0.1) is 55.0 Å². The molecule has 9 aromatic rings. The molecule has 470 valence electrons. The van der Waals surface area contributed by atoms with E-state index in [1.165, 1.54) is 24.3 Å². The fourth-order valence-corrected chi connectivity index (χ4v) is 12.4. The van der Waals surface area contributed by atoms with Crippen LogP contribution < -0.4 is 25.4 Å². The second-order valence-electron chi connectivity index (χ2n) is 20.7. The van der Waals surface area contributed by atoms with E-state index in [-0.39, 0.29) is 28.5 Å². The van der Waals surface area contributed by atoms with Gasteiger partial charge in [-0.1, -0.05) is 146 Å². The summed E-state index contributed by atoms with van der Waals surface area (Å²) in [7, 11) is -7.04. The van der Waals surface area contributed by atoms with Crippen LogP contribution >= 0.6 is 0 Å². The molecular formula is C67H73N9O12S2. The molecule has 0 aliphatic rings. The van der Waals surface area contributed by atoms with Crippen molar-refractivity contribution in [1.29, 1.82) is 0 Å². The maximum absolute atomic E-state index is 13.6. The van der Waals surface area contributed by atoms with E-state index < -0.39 is 56.1 Å². The number of imidazole rings is 1. The molecule has 21 nitrogen and oxygen atoms in total. The minimum atomic E-state index is -4.32. The molecule has 1 unspecified atom stereocenters. The number of carbonyl (C=O) groups excluding carboxylic acids is 3. The first kappa shape index (κ1) is 65.4. The number of benzene rings is 7. The van der Waals surface area contributed by atoms with E-state index in [4.69, 9.17) is 28.7 Å². The number of rotatable bonds is 35. The van der Waals surface area contributed by atoms with E-state index in [2.05, 4.69) is 71.5 Å². The van der Waals surface area contributed by atoms with Crippen LogP contribution in [0.2, 0.25) is 0 Å². The molecule has 2 aromatic heterocycles. The summed E-state index contributed by atoms with van der Waals surface area (Å²) >= 11 is 0. The molecule has 0 fully saturated rings. The number of sulfonamides is 2. The Morgan fingerprint density at radius 3 is 1.71 bits per heavy atom. The highest BCUT2D eigenvalue weighted by Crippen LogP contribution is 2.42. The van der Waals surface area contributed by atoms with Crippen molar-refractivity contribution in [2.24, 2.45) is 0 Å². The van der Waals surface area contributed by atoms with Crippen LogP contribution in [-0.4, -0.2) is 133 Å². The van der Waals surface area contributed by atoms with Gasteiger partial charge in [0.2, 0.25) is 26.0 Å². The number of fused-ring (bicyclic) bond motifs is 1. The Hall–Kier alpha value is -9.07. The van der Waals surface area contributed by atoms with Crippen molar-refractivity contribution in [1.82, 2.24) is 39.4 Å². The lowest BCUT2D eigenvalue weighted by atomic mass is 9.76. The van der Waals surface area contributed by atoms with Crippen molar-refractivity contribution >= 4 is 54.9 Å². The number of hydrogen-bond acceptors (Lipinski definition) is 15. The van der Waals surface area contributed by atoms with Gasteiger partial charge in [-0.25, -0.2) is 31.3 Å². The number of aromatic nitrogens is 4. The van der Waals surface area contributed by atoms with Crippen LogP contribution in [0.25, 0.3) is 22.0 Å². The molecule has 5 N–H and O–H groups in total. The first-order chi connectivity index (χ1) is 43.9. The molecule has 0 saturated carbocycles. The summed E-state index contributed by atoms with van der Waals surface area (Å²) in [6.45, 7) is 3.71. The summed E-state index contributed by atoms with van der Waals surface area (Å²) < 4.78 is 89.1. The van der Waals surface area contributed by atoms with E-state index >= 15 is 0 Å². The maximum Gasteiger partial charge on any atom is 0.407 e. The van der Waals surface area contributed by atoms with Crippen molar-refractivity contribution in [3.05, 3.63) is 234 Å². The van der Waals surface area contributed by atoms with E-state index in [0.717, 1.165) is 34.9 Å². The predicted octanol–water partition coefficient (Wildman–Crippen LogP) is 8.53. The highest BCUT2D eigenvalue weighted by Gasteiger charge is 2.40. The lowest BCUT2D eigenvalue weighted by molar-refractivity contribution is -0.142. The summed E-state index contributed by atoms with van der Waals surface area (Å²) in [6, 6.07) is 56.2. The van der Waals surface area contributed by atoms with Gasteiger partial charge in [-0.3, -0.25) is 18.8 Å². The molecule has 90 heavy (non-hydrogen) atoms. The van der Waals surface area contributed by atoms with E-state index in [9.17, 15) is 31.2 Å². The van der Waals surface area contributed by atoms with Gasteiger partial charge in [-0.15, -0.1) is 0 Å². The maximum atomic E-state index is 13.6. The lowest BCUT2D eigenvalue weighted by Crippen LogP contribution is -2.48. The Bertz CT molecular complexity index is 3860. The summed E-state index contributed by atoms with van der Waals surface area (Å²) in [4.78, 5) is 43.0. The van der Waals surface area contributed by atoms with E-state index in [0.29, 0.717) is 101 Å². The number of anilines is 1. The molecule has 9 rings (SSSR count). The number of methoxy groups -OCH3 is 1. The summed E-state index contributed by atoms with van der Waals surface area (Å²) in [5.74, 6) is -0.756. The second kappa shape index (κ2) is 32.4. The van der Waals surface area contributed by atoms with Gasteiger partial charge in [-0.2, -0.15) is 9.82 Å². The van der Waals surface area contributed by atoms with Crippen LogP contribution in [0.4, 0.5) is 10.7 Å². The molecule has 1 atom stereocenters. The number of hydrogen-bond donors (Lipinski definition) is 5. The van der Waals surface area contributed by atoms with Crippen LogP contribution in [0, 0.1) is 0 Å². The zero-order valence-corrected chi connectivity index (χ0v) is 51.5. The normalized spacial score (nSPS) is 12.1. The van der Waals surface area contributed by atoms with Crippen molar-refractivity contribution < 1.29 is 54.9 Å². The standard InChI is InChI=1S/C67H73N9O12S2/c1-84-64(78)61(49-71-63(77)54-29-34-62-55(47-54)48-72-76(62)39-14-35-68-65-69-38-40-75(65)67(56-19-8-3-9-20-56,57-21-10-4-11-22-57)58-23-12-5-13-24-58)74-90(82,83)60-32-27-53(28-33-60)52-25-30-59(31-26-52)89(80,81)73-37-16-42-86-44-46-87-45-43-85-41-15-36-70-66(79)88-50-51-17-6-2-7-18-51/h2-13,17-34,38,40,47-48,61,73-74H,14-16,35-37,39,41-46,49-50H2,1H3,(H,68,69)(H,70,79)(H,71,77). The average Bonchev–Trinajstić information content (AvgIpc) is 1.21. The quantitative estimate of drug-likeness (QED) is 0.0142. The topological polar surface area (TPSA) is 261 Å². The highest BCUT2D eigenvalue weighted by molar-refractivity contribution is 7.89. The Labute approximate surface area is 524 Å². The SMILES string of the molecule is COC(=O)C(CNC(=O)c1ccc2c(cnn2CCCNc2nccn2C(c2ccccc2)(c2ccccc2)c2ccccc2)c1)NS(=O)(=O)c1ccc(-c2ccc(S(=O)(=O)NCCCOCCOCCOCCCNC(=O)OCc3ccccc3)cc2)cc1. The molecular weight excluding hydrogens is 1190 g/mol. The molecule has 2 heterocycles. The van der Waals surface area contributed by atoms with Crippen LogP contribution in [-0.2, 0) is 67.2 Å². The van der Waals surface area contributed by atoms with Crippen LogP contribution in [0.5, 0.6) is 0 Å². The molecule has 0 aliphatic carbocycles. The van der Waals surface area contributed by atoms with Crippen LogP contribution in [0.3, 0.4) is 0 Å². The van der Waals surface area contributed by atoms with Gasteiger partial charge in [0.15, 0.2) is 0 Å². The Morgan fingerprint density at radius 1 is 0.589 bits per heavy atom. The van der Waals surface area contributed by atoms with Crippen molar-refractivity contribution in [3.8, 4) is 11.1 Å². The van der Waals surface area contributed by atoms with Crippen molar-refractivity contribution in [3.63, 3.8) is 0 Å². The van der Waals surface area contributed by atoms with Gasteiger partial charge in [0.25, 0.3) is 5.91 Å². The molecule has 0 saturated heterocycles. The summed E-state index contributed by atoms with van der Waals surface area (Å²) in [5, 5.41) is 14.3. The number of ether oxygens (including phenoxy) is 5. The van der Waals surface area contributed by atoms with E-state index in [1.54, 1.807) is 54.9 Å².